The maximum absolute atomic E-state index is 12.7. The predicted molar refractivity (Wildman–Crippen MR) is 132 cm³/mol. The molecule has 1 fully saturated rings. The second kappa shape index (κ2) is 8.49. The lowest BCUT2D eigenvalue weighted by Crippen LogP contribution is -2.34. The Balaban J connectivity index is 1.44. The maximum atomic E-state index is 12.7. The van der Waals surface area contributed by atoms with E-state index >= 15 is 0 Å². The van der Waals surface area contributed by atoms with Gasteiger partial charge in [-0.3, -0.25) is 14.4 Å². The van der Waals surface area contributed by atoms with Gasteiger partial charge in [-0.15, -0.1) is 0 Å². The molecule has 8 nitrogen and oxygen atoms in total. The maximum Gasteiger partial charge on any atom is 0.411 e. The van der Waals surface area contributed by atoms with Crippen molar-refractivity contribution >= 4 is 28.5 Å². The van der Waals surface area contributed by atoms with E-state index in [1.807, 2.05) is 56.6 Å². The molecule has 1 unspecified atom stereocenters. The average Bonchev–Trinajstić information content (AvgIpc) is 3.32. The second-order valence-electron chi connectivity index (χ2n) is 10.5. The molecule has 2 aromatic heterocycles. The normalized spacial score (nSPS) is 18.8. The van der Waals surface area contributed by atoms with Crippen LogP contribution >= 0.6 is 0 Å². The van der Waals surface area contributed by atoms with E-state index in [1.54, 1.807) is 11.1 Å². The predicted octanol–water partition coefficient (Wildman–Crippen LogP) is 5.79. The van der Waals surface area contributed by atoms with Crippen LogP contribution in [-0.2, 0) is 11.3 Å². The molecule has 34 heavy (non-hydrogen) atoms. The molecular weight excluding hydrogens is 430 g/mol. The van der Waals surface area contributed by atoms with Crippen molar-refractivity contribution in [2.24, 2.45) is 0 Å². The molecule has 0 spiro atoms. The molecular formula is C26H33N5O3. The molecule has 1 aliphatic carbocycles. The molecule has 3 aromatic rings. The number of hydrogen-bond donors (Lipinski definition) is 2. The van der Waals surface area contributed by atoms with Gasteiger partial charge in [-0.2, -0.15) is 5.10 Å². The molecule has 3 heterocycles. The number of amides is 1. The van der Waals surface area contributed by atoms with E-state index in [0.29, 0.717) is 23.8 Å². The average molecular weight is 464 g/mol. The summed E-state index contributed by atoms with van der Waals surface area (Å²) < 4.78 is 7.62. The molecule has 1 amide bonds. The molecule has 0 radical (unpaired) electrons. The summed E-state index contributed by atoms with van der Waals surface area (Å²) in [6.07, 6.45) is 7.19. The van der Waals surface area contributed by atoms with Crippen molar-refractivity contribution in [2.45, 2.75) is 84.0 Å². The Labute approximate surface area is 199 Å². The first-order valence-electron chi connectivity index (χ1n) is 12.2. The monoisotopic (exact) mass is 463 g/mol. The van der Waals surface area contributed by atoms with Crippen LogP contribution in [0.25, 0.3) is 10.9 Å². The minimum atomic E-state index is -0.538. The molecule has 1 saturated carbocycles. The highest BCUT2D eigenvalue weighted by Gasteiger charge is 2.33. The van der Waals surface area contributed by atoms with Crippen LogP contribution in [0, 0.1) is 0 Å². The SMILES string of the molecule is CC1c2ccc(Nc3nn(C4CCCCC4)c4cc[nH]c(=O)c34)cc2CN1C(=O)OC(C)(C)C. The van der Waals surface area contributed by atoms with Crippen LogP contribution in [0.3, 0.4) is 0 Å². The highest BCUT2D eigenvalue weighted by atomic mass is 16.6. The third-order valence-corrected chi connectivity index (χ3v) is 6.84. The number of benzene rings is 1. The largest absolute Gasteiger partial charge is 0.444 e. The first kappa shape index (κ1) is 22.5. The number of carbonyl (C=O) groups excluding carboxylic acids is 1. The summed E-state index contributed by atoms with van der Waals surface area (Å²) >= 11 is 0. The quantitative estimate of drug-likeness (QED) is 0.513. The van der Waals surface area contributed by atoms with Gasteiger partial charge in [0.1, 0.15) is 11.0 Å². The Morgan fingerprint density at radius 2 is 1.94 bits per heavy atom. The van der Waals surface area contributed by atoms with Gasteiger partial charge in [0, 0.05) is 11.9 Å². The van der Waals surface area contributed by atoms with E-state index in [-0.39, 0.29) is 17.7 Å². The van der Waals surface area contributed by atoms with E-state index in [2.05, 4.69) is 10.3 Å². The van der Waals surface area contributed by atoms with Crippen LogP contribution in [0.5, 0.6) is 0 Å². The summed E-state index contributed by atoms with van der Waals surface area (Å²) in [6, 6.07) is 8.25. The highest BCUT2D eigenvalue weighted by molar-refractivity contribution is 5.91. The summed E-state index contributed by atoms with van der Waals surface area (Å²) in [7, 11) is 0. The Hall–Kier alpha value is -3.29. The van der Waals surface area contributed by atoms with Crippen LogP contribution < -0.4 is 10.9 Å². The number of carbonyl (C=O) groups is 1. The third kappa shape index (κ3) is 4.17. The van der Waals surface area contributed by atoms with Gasteiger partial charge in [-0.05, 0) is 69.9 Å². The lowest BCUT2D eigenvalue weighted by Gasteiger charge is -2.27. The minimum Gasteiger partial charge on any atom is -0.444 e. The molecule has 8 heteroatoms. The number of pyridine rings is 1. The molecule has 180 valence electrons. The first-order chi connectivity index (χ1) is 16.2. The molecule has 1 atom stereocenters. The molecule has 0 saturated heterocycles. The number of fused-ring (bicyclic) bond motifs is 2. The summed E-state index contributed by atoms with van der Waals surface area (Å²) in [5.74, 6) is 0.567. The van der Waals surface area contributed by atoms with Gasteiger partial charge < -0.3 is 15.0 Å². The van der Waals surface area contributed by atoms with Crippen LogP contribution in [-0.4, -0.2) is 31.4 Å². The number of rotatable bonds is 3. The van der Waals surface area contributed by atoms with Crippen molar-refractivity contribution in [3.05, 3.63) is 51.9 Å². The minimum absolute atomic E-state index is 0.0620. The van der Waals surface area contributed by atoms with Crippen LogP contribution in [0.4, 0.5) is 16.3 Å². The van der Waals surface area contributed by atoms with Crippen molar-refractivity contribution < 1.29 is 9.53 Å². The van der Waals surface area contributed by atoms with Crippen LogP contribution in [0.2, 0.25) is 0 Å². The number of nitrogens with zero attached hydrogens (tertiary/aromatic N) is 3. The number of ether oxygens (including phenoxy) is 1. The number of hydrogen-bond acceptors (Lipinski definition) is 5. The fraction of sp³-hybridized carbons (Fsp3) is 0.500. The summed E-state index contributed by atoms with van der Waals surface area (Å²) in [4.78, 5) is 30.0. The van der Waals surface area contributed by atoms with Crippen molar-refractivity contribution in [2.75, 3.05) is 5.32 Å². The van der Waals surface area contributed by atoms with Crippen molar-refractivity contribution in [1.29, 1.82) is 0 Å². The Morgan fingerprint density at radius 1 is 1.18 bits per heavy atom. The van der Waals surface area contributed by atoms with E-state index in [4.69, 9.17) is 9.84 Å². The molecule has 1 aliphatic heterocycles. The van der Waals surface area contributed by atoms with Gasteiger partial charge in [0.2, 0.25) is 0 Å². The standard InChI is InChI=1S/C26H33N5O3/c1-16-20-11-10-18(14-17(20)15-30(16)25(33)34-26(2,3)4)28-23-22-21(12-13-27-24(22)32)31(29-23)19-8-6-5-7-9-19/h10-14,16,19H,5-9,15H2,1-4H3,(H,27,32)(H,28,29). The molecule has 2 aliphatic rings. The first-order valence-corrected chi connectivity index (χ1v) is 12.2. The number of H-pyrrole nitrogens is 1. The van der Waals surface area contributed by atoms with Gasteiger partial charge in [0.25, 0.3) is 5.56 Å². The second-order valence-corrected chi connectivity index (χ2v) is 10.5. The summed E-state index contributed by atoms with van der Waals surface area (Å²) in [5.41, 5.74) is 3.19. The lowest BCUT2D eigenvalue weighted by atomic mass is 9.95. The number of anilines is 2. The Bertz CT molecular complexity index is 1280. The van der Waals surface area contributed by atoms with Crippen molar-refractivity contribution in [3.63, 3.8) is 0 Å². The van der Waals surface area contributed by atoms with E-state index in [0.717, 1.165) is 35.2 Å². The third-order valence-electron chi connectivity index (χ3n) is 6.84. The number of aromatic nitrogens is 3. The van der Waals surface area contributed by atoms with Crippen molar-refractivity contribution in [3.8, 4) is 0 Å². The zero-order valence-corrected chi connectivity index (χ0v) is 20.4. The highest BCUT2D eigenvalue weighted by Crippen LogP contribution is 2.37. The zero-order chi connectivity index (χ0) is 24.0. The Morgan fingerprint density at radius 3 is 2.68 bits per heavy atom. The van der Waals surface area contributed by atoms with Crippen LogP contribution in [0.1, 0.15) is 83.0 Å². The zero-order valence-electron chi connectivity index (χ0n) is 20.4. The lowest BCUT2D eigenvalue weighted by molar-refractivity contribution is 0.0187. The van der Waals surface area contributed by atoms with Gasteiger partial charge >= 0.3 is 6.09 Å². The van der Waals surface area contributed by atoms with E-state index in [9.17, 15) is 9.59 Å². The fourth-order valence-electron chi connectivity index (χ4n) is 5.19. The van der Waals surface area contributed by atoms with Crippen LogP contribution in [0.15, 0.2) is 35.3 Å². The smallest absolute Gasteiger partial charge is 0.411 e. The summed E-state index contributed by atoms with van der Waals surface area (Å²) in [6.45, 7) is 8.12. The van der Waals surface area contributed by atoms with Gasteiger partial charge in [0.15, 0.2) is 5.82 Å². The molecule has 5 rings (SSSR count). The molecule has 2 N–H and O–H groups in total. The number of aromatic amines is 1. The topological polar surface area (TPSA) is 92.3 Å². The van der Waals surface area contributed by atoms with Gasteiger partial charge in [0.05, 0.1) is 24.1 Å². The number of nitrogens with one attached hydrogen (secondary N) is 2. The van der Waals surface area contributed by atoms with Gasteiger partial charge in [-0.1, -0.05) is 25.3 Å². The summed E-state index contributed by atoms with van der Waals surface area (Å²) in [5, 5.41) is 8.83. The van der Waals surface area contributed by atoms with Gasteiger partial charge in [-0.25, -0.2) is 4.79 Å². The van der Waals surface area contributed by atoms with E-state index in [1.165, 1.54) is 19.3 Å². The molecule has 1 aromatic carbocycles. The van der Waals surface area contributed by atoms with Crippen molar-refractivity contribution in [1.82, 2.24) is 19.7 Å². The Kier molecular flexibility index (Phi) is 5.62. The molecule has 0 bridgehead atoms. The van der Waals surface area contributed by atoms with E-state index < -0.39 is 5.60 Å². The fourth-order valence-corrected chi connectivity index (χ4v) is 5.19.